The van der Waals surface area contributed by atoms with E-state index in [1.54, 1.807) is 11.5 Å². The second-order valence-electron chi connectivity index (χ2n) is 5.69. The van der Waals surface area contributed by atoms with Gasteiger partial charge in [-0.1, -0.05) is 13.8 Å². The maximum absolute atomic E-state index is 12.0. The number of carbonyl (C=O) groups is 1. The predicted molar refractivity (Wildman–Crippen MR) is 66.7 cm³/mol. The highest BCUT2D eigenvalue weighted by Gasteiger charge is 2.48. The van der Waals surface area contributed by atoms with Crippen molar-refractivity contribution in [3.8, 4) is 0 Å². The first-order chi connectivity index (χ1) is 8.24. The fraction of sp³-hybridized carbons (Fsp3) is 0.615. The van der Waals surface area contributed by atoms with Gasteiger partial charge in [0.15, 0.2) is 0 Å². The Morgan fingerprint density at radius 1 is 1.50 bits per heavy atom. The van der Waals surface area contributed by atoms with Crippen LogP contribution in [-0.2, 0) is 11.2 Å². The van der Waals surface area contributed by atoms with Crippen molar-refractivity contribution in [2.75, 3.05) is 0 Å². The van der Waals surface area contributed by atoms with Crippen molar-refractivity contribution in [2.45, 2.75) is 46.6 Å². The summed E-state index contributed by atoms with van der Waals surface area (Å²) in [7, 11) is 0. The van der Waals surface area contributed by atoms with Crippen molar-refractivity contribution in [3.63, 3.8) is 0 Å². The predicted octanol–water partition coefficient (Wildman–Crippen LogP) is 1.46. The molecular formula is C13H18N2O3. The molecule has 0 spiro atoms. The highest BCUT2D eigenvalue weighted by Crippen LogP contribution is 2.55. The maximum atomic E-state index is 12.0. The van der Waals surface area contributed by atoms with E-state index in [0.717, 1.165) is 12.1 Å². The molecule has 0 amide bonds. The molecule has 1 aliphatic carbocycles. The van der Waals surface area contributed by atoms with E-state index < -0.39 is 5.97 Å². The first kappa shape index (κ1) is 12.8. The van der Waals surface area contributed by atoms with Gasteiger partial charge < -0.3 is 5.11 Å². The van der Waals surface area contributed by atoms with Crippen LogP contribution in [0.3, 0.4) is 0 Å². The molecule has 1 saturated carbocycles. The number of carboxylic acids is 1. The SMILES string of the molecule is Cc1nc(=O)n(C2CC2(C)C)c(C)c1CC(=O)O. The second-order valence-corrected chi connectivity index (χ2v) is 5.69. The smallest absolute Gasteiger partial charge is 0.348 e. The van der Waals surface area contributed by atoms with Gasteiger partial charge in [0, 0.05) is 23.0 Å². The van der Waals surface area contributed by atoms with E-state index in [1.807, 2.05) is 6.92 Å². The Labute approximate surface area is 105 Å². The molecule has 1 atom stereocenters. The monoisotopic (exact) mass is 250 g/mol. The number of hydrogen-bond donors (Lipinski definition) is 1. The number of aryl methyl sites for hydroxylation is 1. The van der Waals surface area contributed by atoms with Crippen LogP contribution in [0.15, 0.2) is 4.79 Å². The summed E-state index contributed by atoms with van der Waals surface area (Å²) in [5.74, 6) is -0.900. The molecule has 1 unspecified atom stereocenters. The lowest BCUT2D eigenvalue weighted by Crippen LogP contribution is -2.29. The standard InChI is InChI=1S/C13H18N2O3/c1-7-9(5-11(16)17)8(2)15(12(18)14-7)10-6-13(10,3)4/h10H,5-6H2,1-4H3,(H,16,17). The van der Waals surface area contributed by atoms with Gasteiger partial charge >= 0.3 is 11.7 Å². The summed E-state index contributed by atoms with van der Waals surface area (Å²) in [5.41, 5.74) is 1.76. The van der Waals surface area contributed by atoms with E-state index >= 15 is 0 Å². The van der Waals surface area contributed by atoms with Gasteiger partial charge in [0.05, 0.1) is 6.42 Å². The molecule has 5 heteroatoms. The number of aromatic nitrogens is 2. The number of carboxylic acid groups (broad SMARTS) is 1. The van der Waals surface area contributed by atoms with E-state index in [9.17, 15) is 9.59 Å². The van der Waals surface area contributed by atoms with Crippen molar-refractivity contribution < 1.29 is 9.90 Å². The topological polar surface area (TPSA) is 72.2 Å². The van der Waals surface area contributed by atoms with Crippen molar-refractivity contribution in [1.29, 1.82) is 0 Å². The van der Waals surface area contributed by atoms with Crippen LogP contribution >= 0.6 is 0 Å². The Kier molecular flexibility index (Phi) is 2.80. The van der Waals surface area contributed by atoms with Crippen LogP contribution in [0.25, 0.3) is 0 Å². The summed E-state index contributed by atoms with van der Waals surface area (Å²) < 4.78 is 1.66. The zero-order valence-electron chi connectivity index (χ0n) is 11.1. The Morgan fingerprint density at radius 3 is 2.50 bits per heavy atom. The Morgan fingerprint density at radius 2 is 2.06 bits per heavy atom. The zero-order valence-corrected chi connectivity index (χ0v) is 11.1. The van der Waals surface area contributed by atoms with Crippen molar-refractivity contribution in [3.05, 3.63) is 27.4 Å². The Hall–Kier alpha value is -1.65. The van der Waals surface area contributed by atoms with Crippen molar-refractivity contribution >= 4 is 5.97 Å². The molecule has 1 N–H and O–H groups in total. The third-order valence-electron chi connectivity index (χ3n) is 3.81. The van der Waals surface area contributed by atoms with Crippen LogP contribution in [-0.4, -0.2) is 20.6 Å². The van der Waals surface area contributed by atoms with E-state index in [1.165, 1.54) is 0 Å². The molecule has 1 heterocycles. The van der Waals surface area contributed by atoms with E-state index in [-0.39, 0.29) is 23.6 Å². The lowest BCUT2D eigenvalue weighted by Gasteiger charge is -2.15. The summed E-state index contributed by atoms with van der Waals surface area (Å²) in [5, 5.41) is 8.92. The average Bonchev–Trinajstić information content (AvgIpc) is 2.81. The summed E-state index contributed by atoms with van der Waals surface area (Å²) in [4.78, 5) is 26.8. The second kappa shape index (κ2) is 3.93. The number of rotatable bonds is 3. The van der Waals surface area contributed by atoms with Crippen LogP contribution in [0.4, 0.5) is 0 Å². The van der Waals surface area contributed by atoms with Gasteiger partial charge in [0.2, 0.25) is 0 Å². The van der Waals surface area contributed by atoms with E-state index in [4.69, 9.17) is 5.11 Å². The number of aliphatic carboxylic acids is 1. The number of hydrogen-bond acceptors (Lipinski definition) is 3. The molecule has 1 aromatic heterocycles. The third kappa shape index (κ3) is 2.05. The normalized spacial score (nSPS) is 20.8. The van der Waals surface area contributed by atoms with Gasteiger partial charge in [-0.15, -0.1) is 0 Å². The highest BCUT2D eigenvalue weighted by molar-refractivity contribution is 5.70. The molecule has 0 aliphatic heterocycles. The molecule has 1 aliphatic rings. The summed E-state index contributed by atoms with van der Waals surface area (Å²) in [6.07, 6.45) is 0.850. The number of nitrogens with zero attached hydrogens (tertiary/aromatic N) is 2. The third-order valence-corrected chi connectivity index (χ3v) is 3.81. The van der Waals surface area contributed by atoms with Gasteiger partial charge in [-0.2, -0.15) is 4.98 Å². The zero-order chi connectivity index (χ0) is 13.7. The summed E-state index contributed by atoms with van der Waals surface area (Å²) in [6, 6.07) is 0.144. The minimum Gasteiger partial charge on any atom is -0.481 e. The molecule has 0 radical (unpaired) electrons. The lowest BCUT2D eigenvalue weighted by molar-refractivity contribution is -0.136. The van der Waals surface area contributed by atoms with Gasteiger partial charge in [-0.3, -0.25) is 9.36 Å². The summed E-state index contributed by atoms with van der Waals surface area (Å²) in [6.45, 7) is 7.69. The van der Waals surface area contributed by atoms with Crippen molar-refractivity contribution in [2.24, 2.45) is 5.41 Å². The summed E-state index contributed by atoms with van der Waals surface area (Å²) >= 11 is 0. The van der Waals surface area contributed by atoms with Gasteiger partial charge in [0.25, 0.3) is 0 Å². The first-order valence-corrected chi connectivity index (χ1v) is 6.04. The fourth-order valence-electron chi connectivity index (χ4n) is 2.47. The van der Waals surface area contributed by atoms with Gasteiger partial charge in [0.1, 0.15) is 0 Å². The minimum absolute atomic E-state index is 0.0852. The largest absolute Gasteiger partial charge is 0.481 e. The molecule has 98 valence electrons. The van der Waals surface area contributed by atoms with Crippen LogP contribution in [0, 0.1) is 19.3 Å². The fourth-order valence-corrected chi connectivity index (χ4v) is 2.47. The quantitative estimate of drug-likeness (QED) is 0.881. The molecule has 1 aromatic rings. The van der Waals surface area contributed by atoms with Crippen LogP contribution in [0.5, 0.6) is 0 Å². The molecule has 0 saturated heterocycles. The van der Waals surface area contributed by atoms with Gasteiger partial charge in [-0.25, -0.2) is 4.79 Å². The van der Waals surface area contributed by atoms with Crippen molar-refractivity contribution in [1.82, 2.24) is 9.55 Å². The molecule has 5 nitrogen and oxygen atoms in total. The first-order valence-electron chi connectivity index (χ1n) is 6.04. The molecule has 2 rings (SSSR count). The van der Waals surface area contributed by atoms with Gasteiger partial charge in [-0.05, 0) is 25.7 Å². The average molecular weight is 250 g/mol. The minimum atomic E-state index is -0.900. The molecule has 1 fully saturated rings. The van der Waals surface area contributed by atoms with E-state index in [2.05, 4.69) is 18.8 Å². The van der Waals surface area contributed by atoms with Crippen LogP contribution < -0.4 is 5.69 Å². The Bertz CT molecular complexity index is 572. The van der Waals surface area contributed by atoms with Crippen LogP contribution in [0.1, 0.15) is 43.3 Å². The van der Waals surface area contributed by atoms with Crippen LogP contribution in [0.2, 0.25) is 0 Å². The molecule has 0 bridgehead atoms. The lowest BCUT2D eigenvalue weighted by atomic mass is 10.1. The maximum Gasteiger partial charge on any atom is 0.348 e. The highest BCUT2D eigenvalue weighted by atomic mass is 16.4. The molecular weight excluding hydrogens is 232 g/mol. The molecule has 0 aromatic carbocycles. The Balaban J connectivity index is 2.54. The molecule has 18 heavy (non-hydrogen) atoms. The van der Waals surface area contributed by atoms with E-state index in [0.29, 0.717) is 11.3 Å².